The first-order chi connectivity index (χ1) is 12.1. The van der Waals surface area contributed by atoms with Gasteiger partial charge < -0.3 is 9.73 Å². The second-order valence-electron chi connectivity index (χ2n) is 5.40. The largest absolute Gasteiger partial charge is 0.455 e. The Labute approximate surface area is 144 Å². The summed E-state index contributed by atoms with van der Waals surface area (Å²) in [5.41, 5.74) is 4.76. The summed E-state index contributed by atoms with van der Waals surface area (Å²) in [6.07, 6.45) is 1.37. The first kappa shape index (κ1) is 16.4. The number of carbonyl (C=O) groups is 1. The van der Waals surface area contributed by atoms with Gasteiger partial charge in [0.15, 0.2) is 0 Å². The third kappa shape index (κ3) is 4.54. The Kier molecular flexibility index (Phi) is 4.89. The number of furan rings is 1. The molecular formula is C19H16FN3O2. The summed E-state index contributed by atoms with van der Waals surface area (Å²) in [6.45, 7) is 1.97. The van der Waals surface area contributed by atoms with Crippen molar-refractivity contribution in [2.75, 3.05) is 5.32 Å². The van der Waals surface area contributed by atoms with Crippen LogP contribution in [0.3, 0.4) is 0 Å². The molecule has 0 unspecified atom stereocenters. The molecule has 0 saturated carbocycles. The van der Waals surface area contributed by atoms with Gasteiger partial charge in [0.25, 0.3) is 0 Å². The van der Waals surface area contributed by atoms with E-state index >= 15 is 0 Å². The lowest BCUT2D eigenvalue weighted by Gasteiger charge is -2.03. The molecule has 0 saturated heterocycles. The van der Waals surface area contributed by atoms with Crippen LogP contribution in [0.2, 0.25) is 0 Å². The predicted molar refractivity (Wildman–Crippen MR) is 95.0 cm³/mol. The van der Waals surface area contributed by atoms with Crippen molar-refractivity contribution in [2.45, 2.75) is 6.92 Å². The molecule has 126 valence electrons. The van der Waals surface area contributed by atoms with Crippen LogP contribution >= 0.6 is 0 Å². The fourth-order valence-electron chi connectivity index (χ4n) is 2.17. The van der Waals surface area contributed by atoms with E-state index in [0.29, 0.717) is 22.8 Å². The lowest BCUT2D eigenvalue weighted by Crippen LogP contribution is -2.24. The minimum Gasteiger partial charge on any atom is -0.455 e. The maximum Gasteiger partial charge on any atom is 0.339 e. The molecule has 2 N–H and O–H groups in total. The Morgan fingerprint density at radius 3 is 2.68 bits per heavy atom. The zero-order valence-corrected chi connectivity index (χ0v) is 13.5. The standard InChI is InChI=1S/C19H16FN3O2/c1-13-5-7-16(8-6-13)22-19(24)23-21-12-17-9-10-18(25-17)14-3-2-4-15(20)11-14/h2-12H,1H3,(H2,22,23,24)/b21-12+. The number of urea groups is 1. The van der Waals surface area contributed by atoms with Gasteiger partial charge in [0, 0.05) is 11.3 Å². The van der Waals surface area contributed by atoms with E-state index in [0.717, 1.165) is 5.56 Å². The van der Waals surface area contributed by atoms with Crippen LogP contribution in [0.4, 0.5) is 14.9 Å². The van der Waals surface area contributed by atoms with Crippen LogP contribution in [0.5, 0.6) is 0 Å². The van der Waals surface area contributed by atoms with Crippen molar-refractivity contribution in [3.63, 3.8) is 0 Å². The van der Waals surface area contributed by atoms with Crippen LogP contribution in [0.15, 0.2) is 70.2 Å². The molecule has 2 aromatic carbocycles. The minimum atomic E-state index is -0.461. The number of halogens is 1. The van der Waals surface area contributed by atoms with E-state index in [-0.39, 0.29) is 5.82 Å². The van der Waals surface area contributed by atoms with Crippen LogP contribution in [0, 0.1) is 12.7 Å². The third-order valence-electron chi connectivity index (χ3n) is 3.40. The second kappa shape index (κ2) is 7.44. The number of rotatable bonds is 4. The maximum atomic E-state index is 13.2. The quantitative estimate of drug-likeness (QED) is 0.542. The summed E-state index contributed by atoms with van der Waals surface area (Å²) in [6, 6.07) is 16.4. The number of carbonyl (C=O) groups excluding carboxylic acids is 1. The van der Waals surface area contributed by atoms with Crippen molar-refractivity contribution in [2.24, 2.45) is 5.10 Å². The Bertz CT molecular complexity index is 901. The summed E-state index contributed by atoms with van der Waals surface area (Å²) in [5, 5.41) is 6.48. The minimum absolute atomic E-state index is 0.335. The van der Waals surface area contributed by atoms with Gasteiger partial charge in [-0.2, -0.15) is 5.10 Å². The van der Waals surface area contributed by atoms with Gasteiger partial charge in [0.2, 0.25) is 0 Å². The molecule has 0 spiro atoms. The van der Waals surface area contributed by atoms with Crippen LogP contribution < -0.4 is 10.7 Å². The molecule has 5 nitrogen and oxygen atoms in total. The molecule has 0 atom stereocenters. The van der Waals surface area contributed by atoms with Gasteiger partial charge >= 0.3 is 6.03 Å². The molecule has 3 aromatic rings. The number of hydrogen-bond donors (Lipinski definition) is 2. The van der Waals surface area contributed by atoms with Crippen molar-refractivity contribution in [3.05, 3.63) is 77.8 Å². The Balaban J connectivity index is 1.57. The van der Waals surface area contributed by atoms with Gasteiger partial charge in [0.05, 0.1) is 6.21 Å². The summed E-state index contributed by atoms with van der Waals surface area (Å²) < 4.78 is 18.8. The smallest absolute Gasteiger partial charge is 0.339 e. The molecule has 0 fully saturated rings. The molecule has 0 bridgehead atoms. The van der Waals surface area contributed by atoms with Crippen LogP contribution in [-0.2, 0) is 0 Å². The van der Waals surface area contributed by atoms with Crippen LogP contribution in [0.1, 0.15) is 11.3 Å². The number of nitrogens with zero attached hydrogens (tertiary/aromatic N) is 1. The van der Waals surface area contributed by atoms with Gasteiger partial charge in [0.1, 0.15) is 17.3 Å². The lowest BCUT2D eigenvalue weighted by molar-refractivity contribution is 0.252. The fourth-order valence-corrected chi connectivity index (χ4v) is 2.17. The number of hydrazone groups is 1. The number of aryl methyl sites for hydroxylation is 1. The first-order valence-corrected chi connectivity index (χ1v) is 7.63. The highest BCUT2D eigenvalue weighted by molar-refractivity contribution is 5.90. The van der Waals surface area contributed by atoms with Gasteiger partial charge in [-0.15, -0.1) is 0 Å². The fraction of sp³-hybridized carbons (Fsp3) is 0.0526. The van der Waals surface area contributed by atoms with Crippen molar-refractivity contribution in [1.29, 1.82) is 0 Å². The van der Waals surface area contributed by atoms with E-state index in [9.17, 15) is 9.18 Å². The monoisotopic (exact) mass is 337 g/mol. The number of nitrogens with one attached hydrogen (secondary N) is 2. The molecule has 3 rings (SSSR count). The van der Waals surface area contributed by atoms with E-state index in [2.05, 4.69) is 15.8 Å². The molecule has 6 heteroatoms. The number of anilines is 1. The van der Waals surface area contributed by atoms with Gasteiger partial charge in [-0.1, -0.05) is 29.8 Å². The van der Waals surface area contributed by atoms with E-state index in [4.69, 9.17) is 4.42 Å². The molecule has 0 radical (unpaired) electrons. The average molecular weight is 337 g/mol. The summed E-state index contributed by atoms with van der Waals surface area (Å²) in [7, 11) is 0. The number of hydrogen-bond acceptors (Lipinski definition) is 3. The normalized spacial score (nSPS) is 10.8. The highest BCUT2D eigenvalue weighted by Crippen LogP contribution is 2.22. The van der Waals surface area contributed by atoms with Crippen molar-refractivity contribution >= 4 is 17.9 Å². The molecule has 0 aliphatic rings. The van der Waals surface area contributed by atoms with Gasteiger partial charge in [-0.3, -0.25) is 0 Å². The maximum absolute atomic E-state index is 13.2. The van der Waals surface area contributed by atoms with Crippen molar-refractivity contribution in [3.8, 4) is 11.3 Å². The van der Waals surface area contributed by atoms with Gasteiger partial charge in [-0.25, -0.2) is 14.6 Å². The average Bonchev–Trinajstić information content (AvgIpc) is 3.06. The van der Waals surface area contributed by atoms with Crippen molar-refractivity contribution < 1.29 is 13.6 Å². The molecule has 2 amide bonds. The molecule has 0 aliphatic heterocycles. The number of amides is 2. The Morgan fingerprint density at radius 1 is 1.12 bits per heavy atom. The van der Waals surface area contributed by atoms with Crippen molar-refractivity contribution in [1.82, 2.24) is 5.43 Å². The third-order valence-corrected chi connectivity index (χ3v) is 3.40. The topological polar surface area (TPSA) is 66.6 Å². The summed E-state index contributed by atoms with van der Waals surface area (Å²) in [4.78, 5) is 11.7. The molecule has 0 aliphatic carbocycles. The van der Waals surface area contributed by atoms with E-state index in [1.807, 2.05) is 19.1 Å². The predicted octanol–water partition coefficient (Wildman–Crippen LogP) is 4.55. The highest BCUT2D eigenvalue weighted by atomic mass is 19.1. The Hall–Kier alpha value is -3.41. The van der Waals surface area contributed by atoms with E-state index in [1.54, 1.807) is 36.4 Å². The van der Waals surface area contributed by atoms with Crippen LogP contribution in [-0.4, -0.2) is 12.2 Å². The molecule has 1 aromatic heterocycles. The SMILES string of the molecule is Cc1ccc(NC(=O)N/N=C/c2ccc(-c3cccc(F)c3)o2)cc1. The first-order valence-electron chi connectivity index (χ1n) is 7.63. The molecular weight excluding hydrogens is 321 g/mol. The van der Waals surface area contributed by atoms with E-state index < -0.39 is 6.03 Å². The molecule has 25 heavy (non-hydrogen) atoms. The zero-order valence-electron chi connectivity index (χ0n) is 13.5. The lowest BCUT2D eigenvalue weighted by atomic mass is 10.2. The summed E-state index contributed by atoms with van der Waals surface area (Å²) >= 11 is 0. The molecule has 1 heterocycles. The van der Waals surface area contributed by atoms with Gasteiger partial charge in [-0.05, 0) is 43.3 Å². The van der Waals surface area contributed by atoms with E-state index in [1.165, 1.54) is 18.3 Å². The Morgan fingerprint density at radius 2 is 1.92 bits per heavy atom. The number of benzene rings is 2. The second-order valence-corrected chi connectivity index (χ2v) is 5.40. The zero-order chi connectivity index (χ0) is 17.6. The highest BCUT2D eigenvalue weighted by Gasteiger charge is 2.05. The summed E-state index contributed by atoms with van der Waals surface area (Å²) in [5.74, 6) is 0.624. The van der Waals surface area contributed by atoms with Crippen LogP contribution in [0.25, 0.3) is 11.3 Å².